The van der Waals surface area contributed by atoms with Gasteiger partial charge in [0.25, 0.3) is 0 Å². The minimum absolute atomic E-state index is 0.0270. The van der Waals surface area contributed by atoms with Crippen LogP contribution >= 0.6 is 0 Å². The van der Waals surface area contributed by atoms with Crippen molar-refractivity contribution in [2.75, 3.05) is 0 Å². The number of ketones is 1. The van der Waals surface area contributed by atoms with Crippen LogP contribution in [0.2, 0.25) is 13.1 Å². The molecular formula is C22H16F2O4Si. The molecule has 0 aromatic heterocycles. The number of aromatic hydroxyl groups is 1. The van der Waals surface area contributed by atoms with E-state index in [0.717, 1.165) is 6.08 Å². The minimum Gasteiger partial charge on any atom is -0.505 e. The van der Waals surface area contributed by atoms with Gasteiger partial charge in [-0.3, -0.25) is 4.79 Å². The van der Waals surface area contributed by atoms with Crippen molar-refractivity contribution >= 4 is 30.6 Å². The SMILES string of the molecule is C[Si]1(C)C2=C(F)C(=O)C=CC2=C(c2ccccc2C(=O)O)c2ccc(O)c(F)c21. The average Bonchev–Trinajstić information content (AvgIpc) is 2.67. The summed E-state index contributed by atoms with van der Waals surface area (Å²) in [5.41, 5.74) is 1.37. The summed E-state index contributed by atoms with van der Waals surface area (Å²) in [6.45, 7) is 3.41. The Hall–Kier alpha value is -3.32. The Morgan fingerprint density at radius 2 is 1.69 bits per heavy atom. The van der Waals surface area contributed by atoms with Gasteiger partial charge in [0.05, 0.1) is 5.56 Å². The first-order valence-electron chi connectivity index (χ1n) is 8.88. The Bertz CT molecular complexity index is 1210. The Kier molecular flexibility index (Phi) is 4.16. The van der Waals surface area contributed by atoms with Crippen molar-refractivity contribution in [2.45, 2.75) is 13.1 Å². The van der Waals surface area contributed by atoms with Gasteiger partial charge in [0.15, 0.2) is 17.4 Å². The third kappa shape index (κ3) is 2.61. The molecule has 4 rings (SSSR count). The van der Waals surface area contributed by atoms with E-state index >= 15 is 8.78 Å². The highest BCUT2D eigenvalue weighted by Gasteiger charge is 2.45. The van der Waals surface area contributed by atoms with Crippen LogP contribution < -0.4 is 5.19 Å². The van der Waals surface area contributed by atoms with E-state index in [4.69, 9.17) is 0 Å². The quantitative estimate of drug-likeness (QED) is 0.738. The van der Waals surface area contributed by atoms with Gasteiger partial charge in [-0.2, -0.15) is 0 Å². The van der Waals surface area contributed by atoms with Crippen LogP contribution in [0.1, 0.15) is 21.5 Å². The van der Waals surface area contributed by atoms with Crippen molar-refractivity contribution in [3.8, 4) is 5.75 Å². The molecule has 2 aromatic carbocycles. The first-order chi connectivity index (χ1) is 13.7. The van der Waals surface area contributed by atoms with E-state index in [2.05, 4.69) is 0 Å². The van der Waals surface area contributed by atoms with E-state index in [9.17, 15) is 19.8 Å². The molecule has 1 aliphatic heterocycles. The highest BCUT2D eigenvalue weighted by molar-refractivity contribution is 6.98. The monoisotopic (exact) mass is 410 g/mol. The topological polar surface area (TPSA) is 74.6 Å². The van der Waals surface area contributed by atoms with Crippen molar-refractivity contribution in [1.82, 2.24) is 0 Å². The summed E-state index contributed by atoms with van der Waals surface area (Å²) in [4.78, 5) is 23.9. The number of hydrogen-bond donors (Lipinski definition) is 2. The third-order valence-corrected chi connectivity index (χ3v) is 8.92. The summed E-state index contributed by atoms with van der Waals surface area (Å²) in [6, 6.07) is 8.90. The second-order valence-electron chi connectivity index (χ2n) is 7.47. The minimum atomic E-state index is -3.08. The standard InChI is InChI=1S/C22H16F2O4Si/c1-29(2)20-13(7-9-15(25)18(20)23)17(11-5-3-4-6-12(11)22(27)28)14-8-10-16(26)19(24)21(14)29/h3-10,25H,1-2H3,(H,27,28). The van der Waals surface area contributed by atoms with Crippen molar-refractivity contribution in [3.63, 3.8) is 0 Å². The van der Waals surface area contributed by atoms with Gasteiger partial charge in [-0.05, 0) is 50.9 Å². The predicted molar refractivity (Wildman–Crippen MR) is 107 cm³/mol. The van der Waals surface area contributed by atoms with E-state index in [1.807, 2.05) is 0 Å². The number of halogens is 2. The molecule has 7 heteroatoms. The van der Waals surface area contributed by atoms with Crippen molar-refractivity contribution in [1.29, 1.82) is 0 Å². The maximum Gasteiger partial charge on any atom is 0.336 e. The van der Waals surface area contributed by atoms with Crippen LogP contribution in [0.25, 0.3) is 5.57 Å². The maximum atomic E-state index is 15.1. The van der Waals surface area contributed by atoms with Gasteiger partial charge in [-0.1, -0.05) is 43.4 Å². The summed E-state index contributed by atoms with van der Waals surface area (Å²) in [5.74, 6) is -4.39. The Morgan fingerprint density at radius 1 is 1.00 bits per heavy atom. The molecule has 1 aliphatic carbocycles. The van der Waals surface area contributed by atoms with Crippen LogP contribution in [-0.4, -0.2) is 30.0 Å². The molecule has 0 fully saturated rings. The number of allylic oxidation sites excluding steroid dienone is 5. The second-order valence-corrected chi connectivity index (χ2v) is 11.7. The maximum absolute atomic E-state index is 15.1. The van der Waals surface area contributed by atoms with Crippen molar-refractivity contribution in [3.05, 3.63) is 87.7 Å². The summed E-state index contributed by atoms with van der Waals surface area (Å²) in [5, 5.41) is 19.9. The first-order valence-corrected chi connectivity index (χ1v) is 11.9. The lowest BCUT2D eigenvalue weighted by molar-refractivity contribution is -0.112. The average molecular weight is 410 g/mol. The first kappa shape index (κ1) is 19.0. The molecule has 146 valence electrons. The predicted octanol–water partition coefficient (Wildman–Crippen LogP) is 3.86. The van der Waals surface area contributed by atoms with Crippen LogP contribution in [0.5, 0.6) is 5.75 Å². The number of carboxylic acid groups (broad SMARTS) is 1. The number of benzene rings is 2. The number of carbonyl (C=O) groups is 2. The number of hydrogen-bond acceptors (Lipinski definition) is 3. The van der Waals surface area contributed by atoms with Crippen LogP contribution in [0, 0.1) is 5.82 Å². The van der Waals surface area contributed by atoms with E-state index in [-0.39, 0.29) is 21.5 Å². The Balaban J connectivity index is 2.23. The fraction of sp³-hybridized carbons (Fsp3) is 0.0909. The number of carboxylic acids is 1. The second kappa shape index (κ2) is 6.35. The zero-order chi connectivity index (χ0) is 21.1. The van der Waals surface area contributed by atoms with Crippen LogP contribution in [0.3, 0.4) is 0 Å². The summed E-state index contributed by atoms with van der Waals surface area (Å²) < 4.78 is 30.2. The van der Waals surface area contributed by atoms with Crippen LogP contribution in [0.15, 0.2) is 65.1 Å². The molecule has 0 amide bonds. The molecule has 2 aromatic rings. The summed E-state index contributed by atoms with van der Waals surface area (Å²) >= 11 is 0. The van der Waals surface area contributed by atoms with Gasteiger partial charge in [-0.15, -0.1) is 0 Å². The Labute approximate surface area is 166 Å². The fourth-order valence-electron chi connectivity index (χ4n) is 4.21. The lowest BCUT2D eigenvalue weighted by Gasteiger charge is -2.38. The lowest BCUT2D eigenvalue weighted by atomic mass is 9.87. The van der Waals surface area contributed by atoms with Gasteiger partial charge >= 0.3 is 5.97 Å². The van der Waals surface area contributed by atoms with Crippen LogP contribution in [0.4, 0.5) is 8.78 Å². The smallest absolute Gasteiger partial charge is 0.336 e. The number of aromatic carboxylic acids is 1. The molecule has 0 bridgehead atoms. The third-order valence-electron chi connectivity index (χ3n) is 5.44. The van der Waals surface area contributed by atoms with Crippen molar-refractivity contribution < 1.29 is 28.6 Å². The number of phenolic OH excluding ortho intramolecular Hbond substituents is 1. The normalized spacial score (nSPS) is 17.3. The summed E-state index contributed by atoms with van der Waals surface area (Å²) in [6.07, 6.45) is 2.57. The van der Waals surface area contributed by atoms with E-state index in [1.54, 1.807) is 31.3 Å². The lowest BCUT2D eigenvalue weighted by Crippen LogP contribution is -2.51. The molecule has 0 unspecified atom stereocenters. The van der Waals surface area contributed by atoms with E-state index in [1.165, 1.54) is 24.3 Å². The molecule has 0 radical (unpaired) electrons. The van der Waals surface area contributed by atoms with Gasteiger partial charge in [0.2, 0.25) is 5.78 Å². The fourth-order valence-corrected chi connectivity index (χ4v) is 7.57. The van der Waals surface area contributed by atoms with Gasteiger partial charge in [0, 0.05) is 0 Å². The zero-order valence-electron chi connectivity index (χ0n) is 15.6. The Morgan fingerprint density at radius 3 is 2.38 bits per heavy atom. The molecule has 0 spiro atoms. The van der Waals surface area contributed by atoms with E-state index < -0.39 is 37.2 Å². The van der Waals surface area contributed by atoms with Gasteiger partial charge in [0.1, 0.15) is 8.07 Å². The number of rotatable bonds is 2. The molecule has 0 saturated carbocycles. The number of carbonyl (C=O) groups excluding carboxylic acids is 1. The van der Waals surface area contributed by atoms with Crippen molar-refractivity contribution in [2.24, 2.45) is 0 Å². The zero-order valence-corrected chi connectivity index (χ0v) is 16.6. The molecule has 29 heavy (non-hydrogen) atoms. The molecule has 4 nitrogen and oxygen atoms in total. The molecule has 0 atom stereocenters. The van der Waals surface area contributed by atoms with E-state index in [0.29, 0.717) is 16.7 Å². The number of fused-ring (bicyclic) bond motifs is 2. The van der Waals surface area contributed by atoms with Gasteiger partial charge < -0.3 is 10.2 Å². The molecular weight excluding hydrogens is 394 g/mol. The molecule has 1 heterocycles. The molecule has 2 N–H and O–H groups in total. The molecule has 0 saturated heterocycles. The highest BCUT2D eigenvalue weighted by Crippen LogP contribution is 2.45. The highest BCUT2D eigenvalue weighted by atomic mass is 28.3. The molecule has 2 aliphatic rings. The van der Waals surface area contributed by atoms with Crippen LogP contribution in [-0.2, 0) is 4.79 Å². The van der Waals surface area contributed by atoms with Gasteiger partial charge in [-0.25, -0.2) is 13.6 Å². The number of phenols is 1. The summed E-state index contributed by atoms with van der Waals surface area (Å²) in [7, 11) is -3.08. The largest absolute Gasteiger partial charge is 0.505 e.